The van der Waals surface area contributed by atoms with Gasteiger partial charge in [0.1, 0.15) is 30.1 Å². The van der Waals surface area contributed by atoms with Gasteiger partial charge in [0.15, 0.2) is 13.2 Å². The van der Waals surface area contributed by atoms with E-state index in [0.717, 1.165) is 12.0 Å². The molecule has 0 spiro atoms. The largest absolute Gasteiger partial charge is 0.460 e. The van der Waals surface area contributed by atoms with Crippen LogP contribution >= 0.6 is 7.37 Å². The number of nitrogens with zero attached hydrogens (tertiary/aromatic N) is 1. The smallest absolute Gasteiger partial charge is 0.329 e. The van der Waals surface area contributed by atoms with Gasteiger partial charge in [-0.3, -0.25) is 23.7 Å². The van der Waals surface area contributed by atoms with E-state index in [1.165, 1.54) is 24.2 Å². The predicted molar refractivity (Wildman–Crippen MR) is 259 cm³/mol. The van der Waals surface area contributed by atoms with E-state index in [1.54, 1.807) is 48.3 Å². The summed E-state index contributed by atoms with van der Waals surface area (Å²) in [6.07, 6.45) is 12.7. The second-order valence-corrected chi connectivity index (χ2v) is 23.2. The van der Waals surface area contributed by atoms with Crippen molar-refractivity contribution in [1.82, 2.24) is 4.90 Å². The van der Waals surface area contributed by atoms with Crippen LogP contribution in [-0.4, -0.2) is 140 Å². The fourth-order valence-corrected chi connectivity index (χ4v) is 11.1. The van der Waals surface area contributed by atoms with E-state index in [4.69, 9.17) is 28.2 Å². The Kier molecular flexibility index (Phi) is 22.3. The van der Waals surface area contributed by atoms with Gasteiger partial charge < -0.3 is 43.3 Å². The molecule has 0 aromatic heterocycles. The molecule has 0 unspecified atom stereocenters. The van der Waals surface area contributed by atoms with Gasteiger partial charge in [-0.1, -0.05) is 77.2 Å². The van der Waals surface area contributed by atoms with E-state index >= 15 is 0 Å². The Hall–Kier alpha value is -3.14. The number of hydrogen-bond acceptors (Lipinski definition) is 14. The number of carbonyl (C=O) groups is 5. The number of ketones is 3. The number of rotatable bonds is 8. The summed E-state index contributed by atoms with van der Waals surface area (Å²) in [5, 5.41) is 23.2. The number of hydrogen-bond donors (Lipinski definition) is 2. The van der Waals surface area contributed by atoms with E-state index in [0.29, 0.717) is 57.8 Å². The molecule has 0 aromatic rings. The number of aliphatic hydroxyl groups excluding tert-OH is 1. The monoisotopic (exact) mass is 976 g/mol. The molecule has 68 heavy (non-hydrogen) atoms. The Labute approximate surface area is 405 Å². The fraction of sp³-hybridized carbons (Fsp3) is 0.750. The second kappa shape index (κ2) is 26.3. The third-order valence-electron chi connectivity index (χ3n) is 14.5. The van der Waals surface area contributed by atoms with E-state index in [9.17, 15) is 38.8 Å². The maximum Gasteiger partial charge on any atom is 0.329 e. The normalized spacial score (nSPS) is 37.7. The number of esters is 1. The molecule has 2 saturated heterocycles. The third-order valence-corrected chi connectivity index (χ3v) is 15.3. The lowest BCUT2D eigenvalue weighted by atomic mass is 9.78. The van der Waals surface area contributed by atoms with Gasteiger partial charge in [-0.25, -0.2) is 4.79 Å². The summed E-state index contributed by atoms with van der Waals surface area (Å²) >= 11 is 0. The highest BCUT2D eigenvalue weighted by Gasteiger charge is 2.53. The van der Waals surface area contributed by atoms with Crippen LogP contribution in [0.1, 0.15) is 119 Å². The number of cyclic esters (lactones) is 1. The number of allylic oxidation sites excluding steroid dienone is 6. The van der Waals surface area contributed by atoms with Crippen LogP contribution in [0.25, 0.3) is 0 Å². The number of ether oxygens (including phenoxy) is 5. The number of piperidine rings is 1. The van der Waals surface area contributed by atoms with Crippen LogP contribution in [0.5, 0.6) is 0 Å². The summed E-state index contributed by atoms with van der Waals surface area (Å²) in [5.74, 6) is -8.10. The molecule has 3 heterocycles. The zero-order chi connectivity index (χ0) is 50.5. The first-order valence-electron chi connectivity index (χ1n) is 24.8. The second-order valence-electron chi connectivity index (χ2n) is 20.4. The number of aliphatic hydroxyl groups is 2. The summed E-state index contributed by atoms with van der Waals surface area (Å²) in [7, 11) is 1.75. The highest BCUT2D eigenvalue weighted by Crippen LogP contribution is 2.44. The Morgan fingerprint density at radius 3 is 2.24 bits per heavy atom. The molecule has 2 N–H and O–H groups in total. The average Bonchev–Trinajstić information content (AvgIpc) is 3.29. The van der Waals surface area contributed by atoms with Crippen LogP contribution in [0.15, 0.2) is 48.1 Å². The molecule has 1 saturated carbocycles. The van der Waals surface area contributed by atoms with Crippen molar-refractivity contribution in [2.45, 2.75) is 173 Å². The molecule has 3 aliphatic heterocycles. The lowest BCUT2D eigenvalue weighted by Gasteiger charge is -2.42. The van der Waals surface area contributed by atoms with Gasteiger partial charge in [-0.2, -0.15) is 0 Å². The first-order chi connectivity index (χ1) is 32.0. The first-order valence-corrected chi connectivity index (χ1v) is 27.3. The van der Waals surface area contributed by atoms with Crippen LogP contribution in [-0.2, 0) is 56.7 Å². The number of methoxy groups -OCH3 is 3. The van der Waals surface area contributed by atoms with Gasteiger partial charge in [-0.15, -0.1) is 0 Å². The van der Waals surface area contributed by atoms with Crippen molar-refractivity contribution in [3.63, 3.8) is 0 Å². The molecular weight excluding hydrogens is 894 g/mol. The standard InChI is InChI=1S/C52H82NO14P/c1-32-17-13-12-14-18-34(3)44(62-7)30-39-23-21-37(6)52(60,66-39)49(57)50(58)53-26-16-15-19-40(53)51(59)65-45(35(4)28-38-22-25-43(46(29-38)63-8)67-68(10,11)61)31-42(55)33(2)20-24-41(54)48(64-9)47(56)36(5)27-32/h12-14,17-18,20,24,32-33,35-41,43-46,48,54,60H,15-16,19,21-23,25-31H2,1-11H3/b14-12?,17-13-,24-20-,34-18?/t32-,33+,35+,36+,37+,38-,39-,40-,41-,43+,44-,45-,46+,48-,52+/m0/s1. The van der Waals surface area contributed by atoms with E-state index in [2.05, 4.69) is 0 Å². The Morgan fingerprint density at radius 2 is 1.57 bits per heavy atom. The fourth-order valence-electron chi connectivity index (χ4n) is 10.2. The molecule has 0 aromatic carbocycles. The van der Waals surface area contributed by atoms with Gasteiger partial charge in [0.05, 0.1) is 24.4 Å². The first kappa shape index (κ1) is 57.4. The molecule has 2 bridgehead atoms. The van der Waals surface area contributed by atoms with Crippen LogP contribution in [0.3, 0.4) is 0 Å². The Morgan fingerprint density at radius 1 is 0.853 bits per heavy atom. The molecule has 384 valence electrons. The van der Waals surface area contributed by atoms with Gasteiger partial charge in [0, 0.05) is 71.8 Å². The Bertz CT molecular complexity index is 1890. The zero-order valence-electron chi connectivity index (χ0n) is 42.5. The number of Topliss-reactive ketones (excluding diaryl/α,β-unsaturated/α-hetero) is 3. The highest BCUT2D eigenvalue weighted by atomic mass is 31.2. The highest BCUT2D eigenvalue weighted by molar-refractivity contribution is 7.57. The maximum atomic E-state index is 14.4. The SMILES string of the molecule is CO[C@H]1C[C@@H]2CC[C@@H](C)[C@@](O)(O2)C(=O)C(=O)N2CCCC[C@H]2C(=O)O[C@H]([C@H](C)C[C@@H]2CC[C@@H](OP(C)(C)=O)[C@H](OC)C2)CC(=O)[C@H](C)/C=C\[C@H](O)[C@H](OC)C(=O)[C@H](C)C[C@@H](C)/C=C\C=CC=C1C. The van der Waals surface area contributed by atoms with Crippen molar-refractivity contribution >= 4 is 36.6 Å². The molecule has 4 aliphatic rings. The van der Waals surface area contributed by atoms with Gasteiger partial charge in [-0.05, 0) is 94.5 Å². The van der Waals surface area contributed by atoms with Gasteiger partial charge in [0.25, 0.3) is 11.7 Å². The summed E-state index contributed by atoms with van der Waals surface area (Å²) in [4.78, 5) is 71.8. The molecule has 4 rings (SSSR count). The average molecular weight is 976 g/mol. The van der Waals surface area contributed by atoms with Crippen LogP contribution in [0.4, 0.5) is 0 Å². The summed E-state index contributed by atoms with van der Waals surface area (Å²) in [6, 6.07) is -1.15. The van der Waals surface area contributed by atoms with Crippen LogP contribution < -0.4 is 0 Å². The van der Waals surface area contributed by atoms with Crippen molar-refractivity contribution in [2.75, 3.05) is 41.2 Å². The maximum absolute atomic E-state index is 14.4. The molecule has 0 radical (unpaired) electrons. The molecule has 1 amide bonds. The Balaban J connectivity index is 1.68. The minimum atomic E-state index is -2.79. The van der Waals surface area contributed by atoms with E-state index < -0.39 is 85.1 Å². The molecule has 3 fully saturated rings. The lowest BCUT2D eigenvalue weighted by molar-refractivity contribution is -0.265. The van der Waals surface area contributed by atoms with Crippen molar-refractivity contribution in [3.8, 4) is 0 Å². The number of amides is 1. The minimum absolute atomic E-state index is 0.0153. The number of fused-ring (bicyclic) bond motifs is 3. The van der Waals surface area contributed by atoms with Crippen molar-refractivity contribution in [3.05, 3.63) is 48.1 Å². The quantitative estimate of drug-likeness (QED) is 0.106. The number of carbonyl (C=O) groups excluding carboxylic acids is 5. The van der Waals surface area contributed by atoms with Crippen LogP contribution in [0, 0.1) is 35.5 Å². The molecular formula is C52H82NO14P. The zero-order valence-corrected chi connectivity index (χ0v) is 43.4. The van der Waals surface area contributed by atoms with Crippen molar-refractivity contribution < 1.29 is 67.0 Å². The van der Waals surface area contributed by atoms with E-state index in [1.807, 2.05) is 51.2 Å². The molecule has 15 atom stereocenters. The third kappa shape index (κ3) is 15.9. The topological polar surface area (TPSA) is 201 Å². The minimum Gasteiger partial charge on any atom is -0.460 e. The summed E-state index contributed by atoms with van der Waals surface area (Å²) < 4.78 is 48.0. The van der Waals surface area contributed by atoms with Crippen molar-refractivity contribution in [1.29, 1.82) is 0 Å². The molecule has 16 heteroatoms. The lowest BCUT2D eigenvalue weighted by Crippen LogP contribution is -2.61. The molecule has 15 nitrogen and oxygen atoms in total. The van der Waals surface area contributed by atoms with Gasteiger partial charge >= 0.3 is 5.97 Å². The predicted octanol–water partition coefficient (Wildman–Crippen LogP) is 7.35. The van der Waals surface area contributed by atoms with E-state index in [-0.39, 0.29) is 60.9 Å². The van der Waals surface area contributed by atoms with Gasteiger partial charge in [0.2, 0.25) is 5.79 Å². The molecule has 1 aliphatic carbocycles. The van der Waals surface area contributed by atoms with Crippen molar-refractivity contribution in [2.24, 2.45) is 35.5 Å². The van der Waals surface area contributed by atoms with Crippen LogP contribution in [0.2, 0.25) is 0 Å². The summed E-state index contributed by atoms with van der Waals surface area (Å²) in [6.45, 7) is 14.2. The summed E-state index contributed by atoms with van der Waals surface area (Å²) in [5.41, 5.74) is 0.875.